The third-order valence-corrected chi connectivity index (χ3v) is 3.86. The summed E-state index contributed by atoms with van der Waals surface area (Å²) in [6.45, 7) is 5.87. The van der Waals surface area contributed by atoms with Crippen molar-refractivity contribution < 1.29 is 13.9 Å². The molecule has 0 heterocycles. The van der Waals surface area contributed by atoms with Crippen LogP contribution in [-0.2, 0) is 0 Å². The minimum absolute atomic E-state index is 0.141. The molecular formula is C9H12F2OSi. The predicted molar refractivity (Wildman–Crippen MR) is 51.0 cm³/mol. The van der Waals surface area contributed by atoms with Gasteiger partial charge in [0.1, 0.15) is 5.75 Å². The lowest BCUT2D eigenvalue weighted by Crippen LogP contribution is -2.38. The molecule has 1 aromatic carbocycles. The van der Waals surface area contributed by atoms with Gasteiger partial charge in [-0.3, -0.25) is 0 Å². The Balaban J connectivity index is 3.32. The predicted octanol–water partition coefficient (Wildman–Crippen LogP) is 2.22. The lowest BCUT2D eigenvalue weighted by atomic mass is 10.3. The molecule has 0 bridgehead atoms. The van der Waals surface area contributed by atoms with Crippen LogP contribution in [0.4, 0.5) is 8.78 Å². The van der Waals surface area contributed by atoms with Crippen molar-refractivity contribution in [2.45, 2.75) is 19.6 Å². The lowest BCUT2D eigenvalue weighted by Gasteiger charge is -2.18. The summed E-state index contributed by atoms with van der Waals surface area (Å²) in [5.74, 6) is -2.03. The Morgan fingerprint density at radius 3 is 2.00 bits per heavy atom. The Morgan fingerprint density at radius 1 is 1.08 bits per heavy atom. The number of hydrogen-bond donors (Lipinski definition) is 1. The van der Waals surface area contributed by atoms with Crippen molar-refractivity contribution in [2.24, 2.45) is 0 Å². The number of rotatable bonds is 1. The van der Waals surface area contributed by atoms with Crippen molar-refractivity contribution in [3.05, 3.63) is 23.8 Å². The molecule has 0 spiro atoms. The highest BCUT2D eigenvalue weighted by Crippen LogP contribution is 2.16. The van der Waals surface area contributed by atoms with E-state index in [-0.39, 0.29) is 5.75 Å². The van der Waals surface area contributed by atoms with Crippen LogP contribution in [0.5, 0.6) is 5.75 Å². The Labute approximate surface area is 77.0 Å². The Morgan fingerprint density at radius 2 is 1.54 bits per heavy atom. The molecule has 1 N–H and O–H groups in total. The molecule has 1 rings (SSSR count). The van der Waals surface area contributed by atoms with Gasteiger partial charge < -0.3 is 5.11 Å². The SMILES string of the molecule is C[Si](C)(C)c1cc(F)c(F)cc1O. The average molecular weight is 202 g/mol. The highest BCUT2D eigenvalue weighted by Gasteiger charge is 2.22. The van der Waals surface area contributed by atoms with E-state index < -0.39 is 19.7 Å². The van der Waals surface area contributed by atoms with Crippen LogP contribution in [0.25, 0.3) is 0 Å². The van der Waals surface area contributed by atoms with Gasteiger partial charge in [-0.1, -0.05) is 19.6 Å². The van der Waals surface area contributed by atoms with E-state index in [1.807, 2.05) is 19.6 Å². The second kappa shape index (κ2) is 3.10. The zero-order valence-electron chi connectivity index (χ0n) is 7.86. The van der Waals surface area contributed by atoms with E-state index in [1.165, 1.54) is 0 Å². The van der Waals surface area contributed by atoms with Gasteiger partial charge >= 0.3 is 0 Å². The van der Waals surface area contributed by atoms with Crippen LogP contribution in [0.1, 0.15) is 0 Å². The molecule has 0 atom stereocenters. The summed E-state index contributed by atoms with van der Waals surface area (Å²) in [5.41, 5.74) is 0. The molecule has 13 heavy (non-hydrogen) atoms. The first kappa shape index (κ1) is 10.2. The molecule has 72 valence electrons. The van der Waals surface area contributed by atoms with Crippen LogP contribution >= 0.6 is 0 Å². The normalized spacial score (nSPS) is 11.8. The molecule has 4 heteroatoms. The van der Waals surface area contributed by atoms with Crippen LogP contribution in [0.15, 0.2) is 12.1 Å². The molecule has 0 fully saturated rings. The van der Waals surface area contributed by atoms with Crippen molar-refractivity contribution >= 4 is 13.3 Å². The van der Waals surface area contributed by atoms with Crippen molar-refractivity contribution in [3.8, 4) is 5.75 Å². The molecule has 0 amide bonds. The van der Waals surface area contributed by atoms with Gasteiger partial charge in [0.2, 0.25) is 0 Å². The number of phenols is 1. The molecule has 1 nitrogen and oxygen atoms in total. The lowest BCUT2D eigenvalue weighted by molar-refractivity contribution is 0.459. The molecule has 1 aromatic rings. The highest BCUT2D eigenvalue weighted by molar-refractivity contribution is 6.89. The van der Waals surface area contributed by atoms with Crippen molar-refractivity contribution in [3.63, 3.8) is 0 Å². The van der Waals surface area contributed by atoms with Crippen molar-refractivity contribution in [2.75, 3.05) is 0 Å². The van der Waals surface area contributed by atoms with Crippen LogP contribution in [0.3, 0.4) is 0 Å². The molecule has 0 unspecified atom stereocenters. The molecule has 0 aromatic heterocycles. The topological polar surface area (TPSA) is 20.2 Å². The second-order valence-electron chi connectivity index (χ2n) is 4.03. The van der Waals surface area contributed by atoms with Gasteiger partial charge in [0.15, 0.2) is 11.6 Å². The fourth-order valence-electron chi connectivity index (χ4n) is 1.14. The molecule has 0 aliphatic rings. The maximum atomic E-state index is 12.8. The van der Waals surface area contributed by atoms with E-state index in [0.717, 1.165) is 12.1 Å². The fraction of sp³-hybridized carbons (Fsp3) is 0.333. The third-order valence-electron chi connectivity index (χ3n) is 1.85. The van der Waals surface area contributed by atoms with Crippen LogP contribution in [0, 0.1) is 11.6 Å². The van der Waals surface area contributed by atoms with E-state index >= 15 is 0 Å². The zero-order chi connectivity index (χ0) is 10.2. The van der Waals surface area contributed by atoms with Gasteiger partial charge in [0.05, 0.1) is 8.07 Å². The number of aromatic hydroxyl groups is 1. The van der Waals surface area contributed by atoms with E-state index in [9.17, 15) is 13.9 Å². The van der Waals surface area contributed by atoms with Gasteiger partial charge in [-0.25, -0.2) is 8.78 Å². The Kier molecular flexibility index (Phi) is 2.43. The Hall–Kier alpha value is -0.903. The summed E-state index contributed by atoms with van der Waals surface area (Å²) in [4.78, 5) is 0. The van der Waals surface area contributed by atoms with Gasteiger partial charge in [-0.15, -0.1) is 0 Å². The summed E-state index contributed by atoms with van der Waals surface area (Å²) >= 11 is 0. The summed E-state index contributed by atoms with van der Waals surface area (Å²) in [7, 11) is -1.79. The highest BCUT2D eigenvalue weighted by atomic mass is 28.3. The number of hydrogen-bond acceptors (Lipinski definition) is 1. The first-order valence-electron chi connectivity index (χ1n) is 4.01. The summed E-state index contributed by atoms with van der Waals surface area (Å²) in [6, 6.07) is 1.93. The molecule has 0 saturated heterocycles. The Bertz CT molecular complexity index is 331. The van der Waals surface area contributed by atoms with Crippen molar-refractivity contribution in [1.82, 2.24) is 0 Å². The van der Waals surface area contributed by atoms with Gasteiger partial charge in [-0.05, 0) is 11.3 Å². The monoisotopic (exact) mass is 202 g/mol. The van der Waals surface area contributed by atoms with E-state index in [1.54, 1.807) is 0 Å². The summed E-state index contributed by atoms with van der Waals surface area (Å²) < 4.78 is 25.5. The van der Waals surface area contributed by atoms with E-state index in [4.69, 9.17) is 0 Å². The van der Waals surface area contributed by atoms with Gasteiger partial charge in [-0.2, -0.15) is 0 Å². The van der Waals surface area contributed by atoms with E-state index in [2.05, 4.69) is 0 Å². The van der Waals surface area contributed by atoms with Crippen LogP contribution in [-0.4, -0.2) is 13.2 Å². The van der Waals surface area contributed by atoms with E-state index in [0.29, 0.717) is 5.19 Å². The smallest absolute Gasteiger partial charge is 0.162 e. The fourth-order valence-corrected chi connectivity index (χ4v) is 2.54. The van der Waals surface area contributed by atoms with Crippen LogP contribution in [0.2, 0.25) is 19.6 Å². The average Bonchev–Trinajstić information content (AvgIpc) is 1.94. The number of benzene rings is 1. The summed E-state index contributed by atoms with van der Waals surface area (Å²) in [6.07, 6.45) is 0. The molecule has 0 radical (unpaired) electrons. The zero-order valence-corrected chi connectivity index (χ0v) is 8.86. The second-order valence-corrected chi connectivity index (χ2v) is 9.07. The van der Waals surface area contributed by atoms with Gasteiger partial charge in [0.25, 0.3) is 0 Å². The summed E-state index contributed by atoms with van der Waals surface area (Å²) in [5, 5.41) is 9.93. The van der Waals surface area contributed by atoms with Gasteiger partial charge in [0, 0.05) is 6.07 Å². The maximum Gasteiger partial charge on any atom is 0.162 e. The molecule has 0 aliphatic carbocycles. The largest absolute Gasteiger partial charge is 0.508 e. The molecular weight excluding hydrogens is 190 g/mol. The minimum Gasteiger partial charge on any atom is -0.508 e. The quantitative estimate of drug-likeness (QED) is 0.692. The molecule has 0 saturated carbocycles. The minimum atomic E-state index is -1.79. The van der Waals surface area contributed by atoms with Crippen LogP contribution < -0.4 is 5.19 Å². The first-order valence-corrected chi connectivity index (χ1v) is 7.51. The molecule has 0 aliphatic heterocycles. The third kappa shape index (κ3) is 2.06. The first-order chi connectivity index (χ1) is 5.82. The maximum absolute atomic E-state index is 12.8. The number of phenolic OH excluding ortho intramolecular Hbond substituents is 1. The van der Waals surface area contributed by atoms with Crippen molar-refractivity contribution in [1.29, 1.82) is 0 Å². The standard InChI is InChI=1S/C9H12F2OSi/c1-13(2,3)9-5-7(11)6(10)4-8(9)12/h4-5,12H,1-3H3. The number of halogens is 2.